The predicted octanol–water partition coefficient (Wildman–Crippen LogP) is 5.03. The summed E-state index contributed by atoms with van der Waals surface area (Å²) in [5.41, 5.74) is 7.74. The molecule has 0 amide bonds. The topological polar surface area (TPSA) is 128 Å². The molecule has 3 aliphatic rings. The maximum absolute atomic E-state index is 15.9. The van der Waals surface area contributed by atoms with Crippen LogP contribution < -0.4 is 16.4 Å². The molecule has 4 N–H and O–H groups in total. The Hall–Kier alpha value is -3.87. The Labute approximate surface area is 273 Å². The molecule has 0 saturated carbocycles. The van der Waals surface area contributed by atoms with Crippen LogP contribution in [0.2, 0.25) is 0 Å². The molecule has 0 fully saturated rings. The minimum atomic E-state index is -3.40. The quantitative estimate of drug-likeness (QED) is 0.182. The van der Waals surface area contributed by atoms with Crippen molar-refractivity contribution in [3.05, 3.63) is 126 Å². The van der Waals surface area contributed by atoms with Crippen LogP contribution in [0.5, 0.6) is 0 Å². The molecular formula is C34H35ClFN5O4S. The van der Waals surface area contributed by atoms with E-state index in [1.165, 1.54) is 18.5 Å². The highest BCUT2D eigenvalue weighted by Crippen LogP contribution is 2.45. The van der Waals surface area contributed by atoms with E-state index in [0.29, 0.717) is 46.8 Å². The van der Waals surface area contributed by atoms with E-state index in [1.54, 1.807) is 48.9 Å². The number of benzene rings is 2. The maximum atomic E-state index is 15.9. The van der Waals surface area contributed by atoms with Crippen molar-refractivity contribution < 1.29 is 22.3 Å². The summed E-state index contributed by atoms with van der Waals surface area (Å²) in [6.45, 7) is 0.866. The first-order valence-corrected chi connectivity index (χ1v) is 17.0. The molecule has 1 aromatic heterocycles. The van der Waals surface area contributed by atoms with Crippen LogP contribution >= 0.6 is 11.6 Å². The average molecular weight is 664 g/mol. The standard InChI is InChI=1S/C34H35ClFN5O4S/c35-33(36)15-7-13-27(31(33)44-23-25-9-3-1-4-10-25)34(37)28-21-30(39-22-29(28)40-24-41-34)32(14-8-19-45-32)16-17-38-18-20-46(42,43)26-11-5-2-6-12-26/h1-13,15,19,21-22,24,31,38H,14,16-18,20,23,37H2,(H,40,41). The van der Waals surface area contributed by atoms with Crippen molar-refractivity contribution >= 4 is 33.5 Å². The molecule has 46 heavy (non-hydrogen) atoms. The summed E-state index contributed by atoms with van der Waals surface area (Å²) in [5.74, 6) is -0.0344. The molecule has 4 unspecified atom stereocenters. The van der Waals surface area contributed by atoms with E-state index in [9.17, 15) is 8.42 Å². The Kier molecular flexibility index (Phi) is 9.13. The van der Waals surface area contributed by atoms with Crippen LogP contribution in [0.4, 0.5) is 10.1 Å². The minimum Gasteiger partial charge on any atom is -0.489 e. The molecule has 2 aromatic carbocycles. The van der Waals surface area contributed by atoms with E-state index in [-0.39, 0.29) is 18.9 Å². The Balaban J connectivity index is 1.22. The minimum absolute atomic E-state index is 0.0344. The number of nitrogens with one attached hydrogen (secondary N) is 2. The Bertz CT molecular complexity index is 1780. The van der Waals surface area contributed by atoms with Gasteiger partial charge in [-0.25, -0.2) is 17.8 Å². The van der Waals surface area contributed by atoms with Gasteiger partial charge < -0.3 is 25.8 Å². The molecule has 12 heteroatoms. The van der Waals surface area contributed by atoms with Crippen LogP contribution in [0.1, 0.15) is 29.7 Å². The molecule has 2 aliphatic heterocycles. The van der Waals surface area contributed by atoms with Crippen molar-refractivity contribution in [2.45, 2.75) is 46.8 Å². The van der Waals surface area contributed by atoms with E-state index in [1.807, 2.05) is 42.5 Å². The highest BCUT2D eigenvalue weighted by Gasteiger charge is 2.49. The summed E-state index contributed by atoms with van der Waals surface area (Å²) < 4.78 is 53.5. The lowest BCUT2D eigenvalue weighted by Crippen LogP contribution is -2.58. The second-order valence-corrected chi connectivity index (χ2v) is 14.1. The maximum Gasteiger partial charge on any atom is 0.232 e. The SMILES string of the molecule is NC1(C2=CC=CC(F)(Cl)C2OCc2ccccc2)NC=Nc2cnc(C3(CCNCCS(=O)(=O)c4ccccc4)CC=CO3)cc21. The molecular weight excluding hydrogens is 629 g/mol. The van der Waals surface area contributed by atoms with Crippen molar-refractivity contribution in [1.82, 2.24) is 15.6 Å². The molecule has 1 aliphatic carbocycles. The number of fused-ring (bicyclic) bond motifs is 1. The number of nitrogens with zero attached hydrogens (tertiary/aromatic N) is 2. The molecule has 0 saturated heterocycles. The Morgan fingerprint density at radius 1 is 1.13 bits per heavy atom. The Morgan fingerprint density at radius 3 is 2.63 bits per heavy atom. The van der Waals surface area contributed by atoms with Gasteiger partial charge in [-0.05, 0) is 42.5 Å². The molecule has 3 heterocycles. The fourth-order valence-electron chi connectivity index (χ4n) is 5.88. The van der Waals surface area contributed by atoms with Crippen LogP contribution in [0.15, 0.2) is 119 Å². The number of pyridine rings is 1. The van der Waals surface area contributed by atoms with Crippen molar-refractivity contribution in [2.24, 2.45) is 10.7 Å². The van der Waals surface area contributed by atoms with Gasteiger partial charge in [-0.1, -0.05) is 72.3 Å². The highest BCUT2D eigenvalue weighted by atomic mass is 35.5. The van der Waals surface area contributed by atoms with Crippen molar-refractivity contribution in [3.63, 3.8) is 0 Å². The smallest absolute Gasteiger partial charge is 0.232 e. The lowest BCUT2D eigenvalue weighted by molar-refractivity contribution is 0.0000265. The van der Waals surface area contributed by atoms with Gasteiger partial charge in [-0.3, -0.25) is 4.98 Å². The summed E-state index contributed by atoms with van der Waals surface area (Å²) in [4.78, 5) is 9.45. The average Bonchev–Trinajstić information content (AvgIpc) is 3.54. The molecule has 0 bridgehead atoms. The summed E-state index contributed by atoms with van der Waals surface area (Å²) >= 11 is 6.39. The fourth-order valence-corrected chi connectivity index (χ4v) is 7.35. The molecule has 3 aromatic rings. The van der Waals surface area contributed by atoms with Gasteiger partial charge in [0.25, 0.3) is 0 Å². The third-order valence-corrected chi connectivity index (χ3v) is 10.5. The molecule has 6 rings (SSSR count). The lowest BCUT2D eigenvalue weighted by Gasteiger charge is -2.42. The van der Waals surface area contributed by atoms with Crippen LogP contribution in [0.25, 0.3) is 0 Å². The van der Waals surface area contributed by atoms with Gasteiger partial charge in [0.1, 0.15) is 11.8 Å². The van der Waals surface area contributed by atoms with Crippen molar-refractivity contribution in [3.8, 4) is 0 Å². The third kappa shape index (κ3) is 6.51. The second-order valence-electron chi connectivity index (χ2n) is 11.4. The normalized spacial score (nSPS) is 26.7. The largest absolute Gasteiger partial charge is 0.489 e. The first-order valence-electron chi connectivity index (χ1n) is 15.0. The zero-order chi connectivity index (χ0) is 32.3. The number of rotatable bonds is 12. The number of hydrogen-bond acceptors (Lipinski definition) is 9. The molecule has 9 nitrogen and oxygen atoms in total. The van der Waals surface area contributed by atoms with E-state index in [2.05, 4.69) is 15.6 Å². The third-order valence-electron chi connectivity index (χ3n) is 8.40. The van der Waals surface area contributed by atoms with Crippen LogP contribution in [0.3, 0.4) is 0 Å². The number of nitrogens with two attached hydrogens (primary N) is 1. The monoisotopic (exact) mass is 663 g/mol. The number of aromatic nitrogens is 1. The number of allylic oxidation sites excluding steroid dienone is 2. The zero-order valence-electron chi connectivity index (χ0n) is 25.0. The van der Waals surface area contributed by atoms with Gasteiger partial charge in [0.2, 0.25) is 5.13 Å². The van der Waals surface area contributed by atoms with Gasteiger partial charge in [0.05, 0.1) is 47.4 Å². The van der Waals surface area contributed by atoms with Crippen LogP contribution in [-0.4, -0.2) is 49.8 Å². The van der Waals surface area contributed by atoms with Gasteiger partial charge in [0.15, 0.2) is 15.4 Å². The second kappa shape index (κ2) is 13.1. The molecule has 4 atom stereocenters. The number of aliphatic imine (C=N–C) groups is 1. The molecule has 0 spiro atoms. The van der Waals surface area contributed by atoms with Crippen LogP contribution in [0, 0.1) is 0 Å². The van der Waals surface area contributed by atoms with Gasteiger partial charge in [-0.2, -0.15) is 0 Å². The van der Waals surface area contributed by atoms with E-state index in [4.69, 9.17) is 31.8 Å². The number of halogens is 2. The number of ether oxygens (including phenoxy) is 2. The molecule has 240 valence electrons. The summed E-state index contributed by atoms with van der Waals surface area (Å²) in [7, 11) is -3.40. The van der Waals surface area contributed by atoms with E-state index >= 15 is 4.39 Å². The van der Waals surface area contributed by atoms with Gasteiger partial charge in [-0.15, -0.1) is 0 Å². The Morgan fingerprint density at radius 2 is 1.89 bits per heavy atom. The van der Waals surface area contributed by atoms with Gasteiger partial charge in [0, 0.05) is 30.5 Å². The number of sulfone groups is 1. The highest BCUT2D eigenvalue weighted by molar-refractivity contribution is 7.91. The summed E-state index contributed by atoms with van der Waals surface area (Å²) in [6.07, 6.45) is 10.9. The van der Waals surface area contributed by atoms with Crippen molar-refractivity contribution in [1.29, 1.82) is 0 Å². The first kappa shape index (κ1) is 32.1. The number of hydrogen-bond donors (Lipinski definition) is 3. The zero-order valence-corrected chi connectivity index (χ0v) is 26.6. The van der Waals surface area contributed by atoms with Crippen molar-refractivity contribution in [2.75, 3.05) is 18.8 Å². The van der Waals surface area contributed by atoms with Gasteiger partial charge >= 0.3 is 0 Å². The summed E-state index contributed by atoms with van der Waals surface area (Å²) in [6, 6.07) is 19.6. The van der Waals surface area contributed by atoms with Crippen LogP contribution in [-0.2, 0) is 37.2 Å². The lowest BCUT2D eigenvalue weighted by atomic mass is 9.81. The van der Waals surface area contributed by atoms with E-state index in [0.717, 1.165) is 5.56 Å². The predicted molar refractivity (Wildman–Crippen MR) is 176 cm³/mol. The number of alkyl halides is 2. The first-order chi connectivity index (χ1) is 22.1. The summed E-state index contributed by atoms with van der Waals surface area (Å²) in [5, 5.41) is 4.02. The van der Waals surface area contributed by atoms with E-state index < -0.39 is 32.3 Å². The molecule has 0 radical (unpaired) electrons. The fraction of sp³-hybridized carbons (Fsp3) is 0.294.